The lowest BCUT2D eigenvalue weighted by Crippen LogP contribution is -2.41. The number of hydrogen-bond acceptors (Lipinski definition) is 6. The summed E-state index contributed by atoms with van der Waals surface area (Å²) in [6.45, 7) is 5.67. The number of thiazole rings is 1. The standard InChI is InChI=1S/C29H37N5O2S/c1-18(2)36-26-12-9-19(15-25(26)30-3)28-31-16-27(37-28)23-8-6-7-22-21(23)10-11-24(22)32-29(35)34-14-13-20(17-34)33(4)5/h6-9,12,15-16,18,20,24,30H,10-11,13-14,17H2,1-5H3,(H,32,35). The maximum Gasteiger partial charge on any atom is 0.317 e. The van der Waals surface area contributed by atoms with Gasteiger partial charge in [0.05, 0.1) is 22.7 Å². The molecule has 8 heteroatoms. The van der Waals surface area contributed by atoms with E-state index in [0.29, 0.717) is 6.04 Å². The molecule has 196 valence electrons. The molecule has 2 atom stereocenters. The summed E-state index contributed by atoms with van der Waals surface area (Å²) >= 11 is 1.70. The molecule has 1 aliphatic heterocycles. The van der Waals surface area contributed by atoms with E-state index in [1.165, 1.54) is 16.7 Å². The van der Waals surface area contributed by atoms with Crippen molar-refractivity contribution < 1.29 is 9.53 Å². The van der Waals surface area contributed by atoms with Crippen molar-refractivity contribution in [2.24, 2.45) is 0 Å². The Labute approximate surface area is 223 Å². The van der Waals surface area contributed by atoms with Crippen LogP contribution in [-0.2, 0) is 6.42 Å². The van der Waals surface area contributed by atoms with E-state index < -0.39 is 0 Å². The number of nitrogens with zero attached hydrogens (tertiary/aromatic N) is 3. The summed E-state index contributed by atoms with van der Waals surface area (Å²) in [5.41, 5.74) is 5.80. The maximum absolute atomic E-state index is 13.0. The maximum atomic E-state index is 13.0. The smallest absolute Gasteiger partial charge is 0.317 e. The first kappa shape index (κ1) is 25.5. The van der Waals surface area contributed by atoms with Crippen molar-refractivity contribution in [2.75, 3.05) is 39.5 Å². The number of rotatable bonds is 7. The lowest BCUT2D eigenvalue weighted by atomic mass is 10.0. The number of ether oxygens (including phenoxy) is 1. The lowest BCUT2D eigenvalue weighted by molar-refractivity contribution is 0.199. The average molecular weight is 520 g/mol. The van der Waals surface area contributed by atoms with Gasteiger partial charge in [0.25, 0.3) is 0 Å². The average Bonchev–Trinajstić information content (AvgIpc) is 3.64. The fourth-order valence-corrected chi connectivity index (χ4v) is 6.34. The Morgan fingerprint density at radius 3 is 2.78 bits per heavy atom. The quantitative estimate of drug-likeness (QED) is 0.423. The Balaban J connectivity index is 1.33. The number of benzene rings is 2. The number of anilines is 1. The molecule has 37 heavy (non-hydrogen) atoms. The Morgan fingerprint density at radius 1 is 1.22 bits per heavy atom. The van der Waals surface area contributed by atoms with Gasteiger partial charge in [-0.05, 0) is 82.1 Å². The van der Waals surface area contributed by atoms with Crippen LogP contribution in [0.25, 0.3) is 21.0 Å². The molecule has 2 heterocycles. The van der Waals surface area contributed by atoms with Crippen LogP contribution in [0.1, 0.15) is 43.9 Å². The van der Waals surface area contributed by atoms with Crippen LogP contribution in [0.4, 0.5) is 10.5 Å². The van der Waals surface area contributed by atoms with Gasteiger partial charge in [-0.1, -0.05) is 18.2 Å². The van der Waals surface area contributed by atoms with Crippen molar-refractivity contribution in [3.8, 4) is 26.8 Å². The molecule has 2 unspecified atom stereocenters. The normalized spacial score (nSPS) is 18.9. The van der Waals surface area contributed by atoms with Gasteiger partial charge >= 0.3 is 6.03 Å². The lowest BCUT2D eigenvalue weighted by Gasteiger charge is -2.23. The molecule has 0 spiro atoms. The fraction of sp³-hybridized carbons (Fsp3) is 0.448. The van der Waals surface area contributed by atoms with E-state index in [9.17, 15) is 4.79 Å². The molecular formula is C29H37N5O2S. The highest BCUT2D eigenvalue weighted by Crippen LogP contribution is 2.41. The number of hydrogen-bond donors (Lipinski definition) is 2. The predicted molar refractivity (Wildman–Crippen MR) is 152 cm³/mol. The summed E-state index contributed by atoms with van der Waals surface area (Å²) in [7, 11) is 6.08. The zero-order valence-electron chi connectivity index (χ0n) is 22.4. The number of likely N-dealkylation sites (tertiary alicyclic amines) is 1. The van der Waals surface area contributed by atoms with E-state index in [-0.39, 0.29) is 18.2 Å². The van der Waals surface area contributed by atoms with Crippen molar-refractivity contribution in [1.82, 2.24) is 20.1 Å². The van der Waals surface area contributed by atoms with Crippen molar-refractivity contribution in [2.45, 2.75) is 51.3 Å². The Morgan fingerprint density at radius 2 is 2.05 bits per heavy atom. The number of amides is 2. The second-order valence-electron chi connectivity index (χ2n) is 10.4. The highest BCUT2D eigenvalue weighted by Gasteiger charge is 2.31. The van der Waals surface area contributed by atoms with E-state index in [4.69, 9.17) is 9.72 Å². The molecule has 7 nitrogen and oxygen atoms in total. The number of fused-ring (bicyclic) bond motifs is 1. The third-order valence-electron chi connectivity index (χ3n) is 7.38. The van der Waals surface area contributed by atoms with E-state index in [1.807, 2.05) is 38.1 Å². The molecule has 0 bridgehead atoms. The molecule has 1 aromatic heterocycles. The van der Waals surface area contributed by atoms with Gasteiger partial charge in [0, 0.05) is 37.9 Å². The summed E-state index contributed by atoms with van der Waals surface area (Å²) in [5.74, 6) is 0.846. The number of nitrogens with one attached hydrogen (secondary N) is 2. The highest BCUT2D eigenvalue weighted by molar-refractivity contribution is 7.18. The minimum atomic E-state index is 0.0536. The van der Waals surface area contributed by atoms with E-state index >= 15 is 0 Å². The van der Waals surface area contributed by atoms with Crippen molar-refractivity contribution in [3.05, 3.63) is 53.7 Å². The molecule has 0 saturated carbocycles. The minimum absolute atomic E-state index is 0.0536. The van der Waals surface area contributed by atoms with E-state index in [1.54, 1.807) is 11.3 Å². The molecular weight excluding hydrogens is 482 g/mol. The van der Waals surface area contributed by atoms with Crippen LogP contribution in [0.15, 0.2) is 42.6 Å². The zero-order chi connectivity index (χ0) is 26.1. The molecule has 2 aromatic carbocycles. The first-order valence-corrected chi connectivity index (χ1v) is 13.9. The van der Waals surface area contributed by atoms with Gasteiger partial charge in [0.1, 0.15) is 10.8 Å². The Hall–Kier alpha value is -3.10. The number of carbonyl (C=O) groups excluding carboxylic acids is 1. The van der Waals surface area contributed by atoms with Gasteiger partial charge in [0.15, 0.2) is 0 Å². The largest absolute Gasteiger partial charge is 0.489 e. The van der Waals surface area contributed by atoms with Crippen LogP contribution >= 0.6 is 11.3 Å². The third kappa shape index (κ3) is 5.31. The van der Waals surface area contributed by atoms with Crippen LogP contribution in [0, 0.1) is 0 Å². The number of aromatic nitrogens is 1. The summed E-state index contributed by atoms with van der Waals surface area (Å²) in [6, 6.07) is 13.2. The Kier molecular flexibility index (Phi) is 7.40. The van der Waals surface area contributed by atoms with Crippen LogP contribution < -0.4 is 15.4 Å². The number of carbonyl (C=O) groups is 1. The van der Waals surface area contributed by atoms with Crippen molar-refractivity contribution >= 4 is 23.1 Å². The van der Waals surface area contributed by atoms with Gasteiger partial charge < -0.3 is 25.2 Å². The van der Waals surface area contributed by atoms with E-state index in [2.05, 4.69) is 60.0 Å². The molecule has 2 amide bonds. The molecule has 1 fully saturated rings. The zero-order valence-corrected chi connectivity index (χ0v) is 23.2. The third-order valence-corrected chi connectivity index (χ3v) is 8.46. The van der Waals surface area contributed by atoms with Gasteiger partial charge in [-0.15, -0.1) is 11.3 Å². The molecule has 0 radical (unpaired) electrons. The summed E-state index contributed by atoms with van der Waals surface area (Å²) in [4.78, 5) is 23.1. The highest BCUT2D eigenvalue weighted by atomic mass is 32.1. The summed E-state index contributed by atoms with van der Waals surface area (Å²) in [6.07, 6.45) is 5.00. The molecule has 5 rings (SSSR count). The van der Waals surface area contributed by atoms with Crippen LogP contribution in [0.5, 0.6) is 5.75 Å². The molecule has 2 N–H and O–H groups in total. The predicted octanol–water partition coefficient (Wildman–Crippen LogP) is 5.64. The van der Waals surface area contributed by atoms with Crippen LogP contribution in [0.3, 0.4) is 0 Å². The number of urea groups is 1. The molecule has 3 aromatic rings. The fourth-order valence-electron chi connectivity index (χ4n) is 5.37. The van der Waals surface area contributed by atoms with Gasteiger partial charge in [-0.3, -0.25) is 0 Å². The summed E-state index contributed by atoms with van der Waals surface area (Å²) < 4.78 is 5.92. The molecule has 2 aliphatic rings. The second kappa shape index (κ2) is 10.7. The second-order valence-corrected chi connectivity index (χ2v) is 11.5. The van der Waals surface area contributed by atoms with Gasteiger partial charge in [0.2, 0.25) is 0 Å². The first-order valence-electron chi connectivity index (χ1n) is 13.1. The monoisotopic (exact) mass is 519 g/mol. The number of likely N-dealkylation sites (N-methyl/N-ethyl adjacent to an activating group) is 1. The SMILES string of the molecule is CNc1cc(-c2ncc(-c3cccc4c3CCC4NC(=O)N3CCC(N(C)C)C3)s2)ccc1OC(C)C. The van der Waals surface area contributed by atoms with Crippen LogP contribution in [-0.4, -0.2) is 67.2 Å². The van der Waals surface area contributed by atoms with Gasteiger partial charge in [-0.25, -0.2) is 9.78 Å². The molecule has 1 saturated heterocycles. The van der Waals surface area contributed by atoms with Crippen molar-refractivity contribution in [3.63, 3.8) is 0 Å². The summed E-state index contributed by atoms with van der Waals surface area (Å²) in [5, 5.41) is 7.54. The molecule has 1 aliphatic carbocycles. The first-order chi connectivity index (χ1) is 17.8. The topological polar surface area (TPSA) is 69.7 Å². The van der Waals surface area contributed by atoms with E-state index in [0.717, 1.165) is 59.2 Å². The van der Waals surface area contributed by atoms with Gasteiger partial charge in [-0.2, -0.15) is 0 Å². The van der Waals surface area contributed by atoms with Crippen LogP contribution in [0.2, 0.25) is 0 Å². The Bertz CT molecular complexity index is 1270. The minimum Gasteiger partial charge on any atom is -0.489 e. The van der Waals surface area contributed by atoms with Crippen molar-refractivity contribution in [1.29, 1.82) is 0 Å².